The van der Waals surface area contributed by atoms with Gasteiger partial charge in [0.15, 0.2) is 0 Å². The molecule has 3 rings (SSSR count). The van der Waals surface area contributed by atoms with Crippen LogP contribution in [0.1, 0.15) is 21.6 Å². The van der Waals surface area contributed by atoms with E-state index in [1.807, 2.05) is 31.2 Å². The van der Waals surface area contributed by atoms with Crippen molar-refractivity contribution in [2.75, 3.05) is 14.2 Å². The second-order valence-corrected chi connectivity index (χ2v) is 5.51. The zero-order chi connectivity index (χ0) is 17.8. The fourth-order valence-corrected chi connectivity index (χ4v) is 2.62. The molecule has 6 nitrogen and oxygen atoms in total. The van der Waals surface area contributed by atoms with Crippen molar-refractivity contribution in [1.29, 1.82) is 0 Å². The molecular formula is C19H19N3O3. The van der Waals surface area contributed by atoms with Gasteiger partial charge in [0.2, 0.25) is 0 Å². The lowest BCUT2D eigenvalue weighted by atomic mass is 10.1. The zero-order valence-corrected chi connectivity index (χ0v) is 14.3. The molecule has 128 valence electrons. The summed E-state index contributed by atoms with van der Waals surface area (Å²) in [5.74, 6) is 0.743. The number of rotatable bonds is 5. The molecule has 0 bridgehead atoms. The maximum Gasteiger partial charge on any atom is 0.271 e. The minimum absolute atomic E-state index is 0.342. The van der Waals surface area contributed by atoms with Gasteiger partial charge in [-0.3, -0.25) is 4.79 Å². The summed E-state index contributed by atoms with van der Waals surface area (Å²) >= 11 is 0. The van der Waals surface area contributed by atoms with Crippen LogP contribution in [0.4, 0.5) is 0 Å². The first kappa shape index (κ1) is 16.6. The van der Waals surface area contributed by atoms with Crippen molar-refractivity contribution in [1.82, 2.24) is 10.4 Å². The summed E-state index contributed by atoms with van der Waals surface area (Å²) in [6.07, 6.45) is 1.64. The van der Waals surface area contributed by atoms with E-state index in [1.165, 1.54) is 14.2 Å². The lowest BCUT2D eigenvalue weighted by Crippen LogP contribution is -2.17. The van der Waals surface area contributed by atoms with Crippen LogP contribution in [0, 0.1) is 6.92 Å². The van der Waals surface area contributed by atoms with E-state index < -0.39 is 0 Å². The third kappa shape index (κ3) is 3.47. The summed E-state index contributed by atoms with van der Waals surface area (Å²) in [7, 11) is 3.07. The molecule has 25 heavy (non-hydrogen) atoms. The van der Waals surface area contributed by atoms with Crippen LogP contribution in [0.2, 0.25) is 0 Å². The van der Waals surface area contributed by atoms with E-state index in [9.17, 15) is 4.79 Å². The number of hydrogen-bond acceptors (Lipinski definition) is 4. The number of carbonyl (C=O) groups excluding carboxylic acids is 1. The van der Waals surface area contributed by atoms with Gasteiger partial charge < -0.3 is 14.5 Å². The van der Waals surface area contributed by atoms with E-state index in [-0.39, 0.29) is 5.91 Å². The van der Waals surface area contributed by atoms with Gasteiger partial charge in [-0.25, -0.2) is 5.43 Å². The van der Waals surface area contributed by atoms with Crippen LogP contribution in [0.15, 0.2) is 47.6 Å². The van der Waals surface area contributed by atoms with Gasteiger partial charge in [-0.1, -0.05) is 18.2 Å². The summed E-state index contributed by atoms with van der Waals surface area (Å²) < 4.78 is 10.3. The highest BCUT2D eigenvalue weighted by atomic mass is 16.5. The number of nitrogens with one attached hydrogen (secondary N) is 2. The Kier molecular flexibility index (Phi) is 4.70. The molecule has 0 aliphatic heterocycles. The van der Waals surface area contributed by atoms with Crippen LogP contribution in [-0.2, 0) is 0 Å². The number of ether oxygens (including phenoxy) is 2. The molecule has 1 aromatic heterocycles. The van der Waals surface area contributed by atoms with Crippen LogP contribution >= 0.6 is 0 Å². The Bertz CT molecular complexity index is 922. The monoisotopic (exact) mass is 337 g/mol. The number of H-pyrrole nitrogens is 1. The highest BCUT2D eigenvalue weighted by Crippen LogP contribution is 2.22. The highest BCUT2D eigenvalue weighted by Gasteiger charge is 2.10. The van der Waals surface area contributed by atoms with Gasteiger partial charge in [-0.05, 0) is 25.1 Å². The van der Waals surface area contributed by atoms with E-state index in [0.717, 1.165) is 22.2 Å². The number of aromatic amines is 1. The van der Waals surface area contributed by atoms with Crippen molar-refractivity contribution in [3.63, 3.8) is 0 Å². The van der Waals surface area contributed by atoms with Crippen molar-refractivity contribution < 1.29 is 14.3 Å². The molecule has 0 saturated carbocycles. The second-order valence-electron chi connectivity index (χ2n) is 5.51. The van der Waals surface area contributed by atoms with Gasteiger partial charge in [-0.2, -0.15) is 5.10 Å². The molecule has 0 saturated heterocycles. The number of nitrogens with zero attached hydrogens (tertiary/aromatic N) is 1. The van der Waals surface area contributed by atoms with E-state index in [4.69, 9.17) is 9.47 Å². The average Bonchev–Trinajstić information content (AvgIpc) is 2.96. The van der Waals surface area contributed by atoms with Gasteiger partial charge in [0.1, 0.15) is 11.5 Å². The molecular weight excluding hydrogens is 318 g/mol. The van der Waals surface area contributed by atoms with Gasteiger partial charge in [-0.15, -0.1) is 0 Å². The first-order valence-corrected chi connectivity index (χ1v) is 7.76. The third-order valence-corrected chi connectivity index (χ3v) is 3.92. The predicted octanol–water partition coefficient (Wildman–Crippen LogP) is 3.26. The molecule has 2 N–H and O–H groups in total. The number of hydrazone groups is 1. The summed E-state index contributed by atoms with van der Waals surface area (Å²) in [6.45, 7) is 1.97. The Hall–Kier alpha value is -3.28. The van der Waals surface area contributed by atoms with Gasteiger partial charge in [0.05, 0.1) is 20.4 Å². The maximum absolute atomic E-state index is 12.3. The number of aryl methyl sites for hydroxylation is 1. The van der Waals surface area contributed by atoms with E-state index in [1.54, 1.807) is 24.4 Å². The van der Waals surface area contributed by atoms with Crippen LogP contribution in [0.5, 0.6) is 11.5 Å². The van der Waals surface area contributed by atoms with Gasteiger partial charge in [0, 0.05) is 33.8 Å². The number of benzene rings is 2. The number of aromatic nitrogens is 1. The van der Waals surface area contributed by atoms with Crippen molar-refractivity contribution in [2.24, 2.45) is 5.10 Å². The Labute approximate surface area is 145 Å². The summed E-state index contributed by atoms with van der Waals surface area (Å²) in [5.41, 5.74) is 5.91. The SMILES string of the molecule is COc1cc(OC)cc(C(=O)N/N=C/c2c(C)[nH]c3ccccc23)c1. The Balaban J connectivity index is 1.80. The van der Waals surface area contributed by atoms with E-state index >= 15 is 0 Å². The molecule has 6 heteroatoms. The largest absolute Gasteiger partial charge is 0.497 e. The molecule has 0 atom stereocenters. The molecule has 1 amide bonds. The lowest BCUT2D eigenvalue weighted by molar-refractivity contribution is 0.0954. The fraction of sp³-hybridized carbons (Fsp3) is 0.158. The minimum Gasteiger partial charge on any atom is -0.497 e. The van der Waals surface area contributed by atoms with Gasteiger partial charge >= 0.3 is 0 Å². The minimum atomic E-state index is -0.342. The standard InChI is InChI=1S/C19H19N3O3/c1-12-17(16-6-4-5-7-18(16)21-12)11-20-22-19(23)13-8-14(24-2)10-15(9-13)25-3/h4-11,21H,1-3H3,(H,22,23)/b20-11+. The Morgan fingerprint density at radius 2 is 1.80 bits per heavy atom. The van der Waals surface area contributed by atoms with E-state index in [0.29, 0.717) is 17.1 Å². The molecule has 0 aliphatic carbocycles. The van der Waals surface area contributed by atoms with Crippen LogP contribution in [0.25, 0.3) is 10.9 Å². The van der Waals surface area contributed by atoms with Crippen LogP contribution in [0.3, 0.4) is 0 Å². The molecule has 0 unspecified atom stereocenters. The number of carbonyl (C=O) groups is 1. The average molecular weight is 337 g/mol. The van der Waals surface area contributed by atoms with Crippen LogP contribution < -0.4 is 14.9 Å². The quantitative estimate of drug-likeness (QED) is 0.554. The van der Waals surface area contributed by atoms with Crippen molar-refractivity contribution >= 4 is 23.0 Å². The maximum atomic E-state index is 12.3. The van der Waals surface area contributed by atoms with Gasteiger partial charge in [0.25, 0.3) is 5.91 Å². The number of amides is 1. The highest BCUT2D eigenvalue weighted by molar-refractivity contribution is 6.01. The van der Waals surface area contributed by atoms with Crippen molar-refractivity contribution in [2.45, 2.75) is 6.92 Å². The smallest absolute Gasteiger partial charge is 0.271 e. The number of methoxy groups -OCH3 is 2. The first-order valence-electron chi connectivity index (χ1n) is 7.76. The summed E-state index contributed by atoms with van der Waals surface area (Å²) in [6, 6.07) is 12.9. The van der Waals surface area contributed by atoms with E-state index in [2.05, 4.69) is 15.5 Å². The molecule has 0 aliphatic rings. The fourth-order valence-electron chi connectivity index (χ4n) is 2.62. The first-order chi connectivity index (χ1) is 12.1. The van der Waals surface area contributed by atoms with Crippen LogP contribution in [-0.4, -0.2) is 31.3 Å². The Morgan fingerprint density at radius 1 is 1.12 bits per heavy atom. The molecule has 2 aromatic carbocycles. The second kappa shape index (κ2) is 7.09. The molecule has 1 heterocycles. The van der Waals surface area contributed by atoms with Crippen molar-refractivity contribution in [3.05, 3.63) is 59.3 Å². The molecule has 0 fully saturated rings. The predicted molar refractivity (Wildman–Crippen MR) is 97.6 cm³/mol. The van der Waals surface area contributed by atoms with Crippen molar-refractivity contribution in [3.8, 4) is 11.5 Å². The summed E-state index contributed by atoms with van der Waals surface area (Å²) in [4.78, 5) is 15.6. The number of hydrogen-bond donors (Lipinski definition) is 2. The lowest BCUT2D eigenvalue weighted by Gasteiger charge is -2.07. The molecule has 0 spiro atoms. The topological polar surface area (TPSA) is 75.7 Å². The number of fused-ring (bicyclic) bond motifs is 1. The normalized spacial score (nSPS) is 11.0. The molecule has 3 aromatic rings. The Morgan fingerprint density at radius 3 is 2.48 bits per heavy atom. The number of para-hydroxylation sites is 1. The third-order valence-electron chi connectivity index (χ3n) is 3.92. The summed E-state index contributed by atoms with van der Waals surface area (Å²) in [5, 5.41) is 5.14. The zero-order valence-electron chi connectivity index (χ0n) is 14.3. The molecule has 0 radical (unpaired) electrons.